The largest absolute Gasteiger partial charge is 0.482 e. The summed E-state index contributed by atoms with van der Waals surface area (Å²) in [4.78, 5) is 22.7. The maximum Gasteiger partial charge on any atom is 0.344 e. The molecule has 1 rings (SSSR count). The Balaban J connectivity index is 2.21. The lowest BCUT2D eigenvalue weighted by molar-refractivity contribution is -0.150. The number of carbonyl (C=O) groups excluding carboxylic acids is 2. The van der Waals surface area contributed by atoms with Crippen LogP contribution in [0.1, 0.15) is 5.56 Å². The second-order valence-electron chi connectivity index (χ2n) is 4.06. The Labute approximate surface area is 118 Å². The van der Waals surface area contributed by atoms with Crippen LogP contribution in [0.3, 0.4) is 0 Å². The van der Waals surface area contributed by atoms with Gasteiger partial charge in [0.2, 0.25) is 0 Å². The van der Waals surface area contributed by atoms with Gasteiger partial charge in [0.05, 0.1) is 6.61 Å². The highest BCUT2D eigenvalue weighted by Gasteiger charge is 2.08. The Hall–Kier alpha value is -2.08. The average molecular weight is 281 g/mol. The van der Waals surface area contributed by atoms with Crippen molar-refractivity contribution < 1.29 is 23.8 Å². The maximum absolute atomic E-state index is 11.4. The van der Waals surface area contributed by atoms with E-state index in [1.165, 1.54) is 7.11 Å². The Morgan fingerprint density at radius 3 is 2.65 bits per heavy atom. The predicted molar refractivity (Wildman–Crippen MR) is 72.5 cm³/mol. The molecule has 1 amide bonds. The van der Waals surface area contributed by atoms with Gasteiger partial charge in [0.1, 0.15) is 5.75 Å². The summed E-state index contributed by atoms with van der Waals surface area (Å²) >= 11 is 0. The minimum atomic E-state index is -0.588. The normalized spacial score (nSPS) is 9.90. The van der Waals surface area contributed by atoms with Crippen LogP contribution in [-0.4, -0.2) is 45.4 Å². The topological polar surface area (TPSA) is 73.9 Å². The van der Waals surface area contributed by atoms with E-state index in [0.717, 1.165) is 5.56 Å². The number of hydrogen-bond donors (Lipinski definition) is 1. The number of carbonyl (C=O) groups is 2. The fourth-order valence-corrected chi connectivity index (χ4v) is 1.39. The Bertz CT molecular complexity index is 447. The molecule has 0 atom stereocenters. The lowest BCUT2D eigenvalue weighted by atomic mass is 10.2. The van der Waals surface area contributed by atoms with Crippen molar-refractivity contribution in [2.24, 2.45) is 0 Å². The molecule has 0 aromatic heterocycles. The van der Waals surface area contributed by atoms with E-state index in [1.54, 1.807) is 6.07 Å². The molecule has 0 aliphatic carbocycles. The van der Waals surface area contributed by atoms with Crippen molar-refractivity contribution in [1.82, 2.24) is 5.32 Å². The third kappa shape index (κ3) is 6.19. The fraction of sp³-hybridized carbons (Fsp3) is 0.429. The van der Waals surface area contributed by atoms with Gasteiger partial charge in [-0.2, -0.15) is 0 Å². The number of para-hydroxylation sites is 1. The summed E-state index contributed by atoms with van der Waals surface area (Å²) in [5.41, 5.74) is 0.928. The maximum atomic E-state index is 11.4. The molecule has 110 valence electrons. The summed E-state index contributed by atoms with van der Waals surface area (Å²) in [7, 11) is 1.54. The Morgan fingerprint density at radius 2 is 1.95 bits per heavy atom. The summed E-state index contributed by atoms with van der Waals surface area (Å²) in [6, 6.07) is 7.34. The van der Waals surface area contributed by atoms with Crippen LogP contribution in [0.5, 0.6) is 5.75 Å². The monoisotopic (exact) mass is 281 g/mol. The van der Waals surface area contributed by atoms with Gasteiger partial charge in [-0.3, -0.25) is 4.79 Å². The first-order valence-electron chi connectivity index (χ1n) is 6.23. The average Bonchev–Trinajstić information content (AvgIpc) is 2.44. The van der Waals surface area contributed by atoms with Crippen LogP contribution in [0.15, 0.2) is 24.3 Å². The molecule has 0 fully saturated rings. The molecule has 0 unspecified atom stereocenters. The number of amides is 1. The van der Waals surface area contributed by atoms with Crippen LogP contribution >= 0.6 is 0 Å². The summed E-state index contributed by atoms with van der Waals surface area (Å²) in [6.45, 7) is 2.13. The van der Waals surface area contributed by atoms with Gasteiger partial charge in [0, 0.05) is 13.7 Å². The minimum Gasteiger partial charge on any atom is -0.482 e. The van der Waals surface area contributed by atoms with E-state index in [-0.39, 0.29) is 19.1 Å². The van der Waals surface area contributed by atoms with Gasteiger partial charge in [0.15, 0.2) is 13.2 Å². The van der Waals surface area contributed by atoms with Crippen LogP contribution in [0.25, 0.3) is 0 Å². The van der Waals surface area contributed by atoms with Gasteiger partial charge in [-0.1, -0.05) is 18.2 Å². The number of aryl methyl sites for hydroxylation is 1. The van der Waals surface area contributed by atoms with Crippen LogP contribution in [0.2, 0.25) is 0 Å². The number of hydrogen-bond acceptors (Lipinski definition) is 5. The SMILES string of the molecule is COCCNC(=O)COC(=O)COc1ccccc1C. The van der Waals surface area contributed by atoms with Crippen molar-refractivity contribution in [2.45, 2.75) is 6.92 Å². The number of methoxy groups -OCH3 is 1. The Kier molecular flexibility index (Phi) is 7.13. The second-order valence-corrected chi connectivity index (χ2v) is 4.06. The molecule has 1 aromatic rings. The number of benzene rings is 1. The molecule has 0 bridgehead atoms. The van der Waals surface area contributed by atoms with Gasteiger partial charge >= 0.3 is 5.97 Å². The first kappa shape index (κ1) is 16.0. The first-order valence-corrected chi connectivity index (χ1v) is 6.23. The minimum absolute atomic E-state index is 0.226. The highest BCUT2D eigenvalue weighted by Crippen LogP contribution is 2.15. The highest BCUT2D eigenvalue weighted by atomic mass is 16.6. The molecule has 0 saturated heterocycles. The first-order chi connectivity index (χ1) is 9.63. The van der Waals surface area contributed by atoms with Gasteiger partial charge in [-0.15, -0.1) is 0 Å². The van der Waals surface area contributed by atoms with Crippen LogP contribution < -0.4 is 10.1 Å². The van der Waals surface area contributed by atoms with E-state index in [0.29, 0.717) is 18.9 Å². The molecule has 0 aliphatic rings. The molecule has 0 saturated carbocycles. The molecule has 6 heteroatoms. The number of esters is 1. The third-order valence-corrected chi connectivity index (χ3v) is 2.43. The number of ether oxygens (including phenoxy) is 3. The lowest BCUT2D eigenvalue weighted by Gasteiger charge is -2.09. The van der Waals surface area contributed by atoms with Crippen LogP contribution in [0, 0.1) is 6.92 Å². The Morgan fingerprint density at radius 1 is 1.20 bits per heavy atom. The van der Waals surface area contributed by atoms with E-state index >= 15 is 0 Å². The molecule has 1 N–H and O–H groups in total. The van der Waals surface area contributed by atoms with Crippen molar-refractivity contribution in [3.63, 3.8) is 0 Å². The molecule has 0 heterocycles. The molecule has 20 heavy (non-hydrogen) atoms. The smallest absolute Gasteiger partial charge is 0.344 e. The third-order valence-electron chi connectivity index (χ3n) is 2.43. The molecular formula is C14H19NO5. The number of nitrogens with one attached hydrogen (secondary N) is 1. The molecule has 0 aliphatic heterocycles. The van der Waals surface area contributed by atoms with Crippen molar-refractivity contribution in [2.75, 3.05) is 33.5 Å². The molecular weight excluding hydrogens is 262 g/mol. The van der Waals surface area contributed by atoms with E-state index in [1.807, 2.05) is 25.1 Å². The van der Waals surface area contributed by atoms with Crippen molar-refractivity contribution in [3.05, 3.63) is 29.8 Å². The van der Waals surface area contributed by atoms with Crippen LogP contribution in [-0.2, 0) is 19.1 Å². The molecule has 6 nitrogen and oxygen atoms in total. The van der Waals surface area contributed by atoms with Gasteiger partial charge < -0.3 is 19.5 Å². The zero-order valence-corrected chi connectivity index (χ0v) is 11.7. The lowest BCUT2D eigenvalue weighted by Crippen LogP contribution is -2.32. The summed E-state index contributed by atoms with van der Waals surface area (Å²) < 4.78 is 14.9. The van der Waals surface area contributed by atoms with Crippen molar-refractivity contribution in [1.29, 1.82) is 0 Å². The van der Waals surface area contributed by atoms with E-state index in [2.05, 4.69) is 5.32 Å². The van der Waals surface area contributed by atoms with Crippen LogP contribution in [0.4, 0.5) is 0 Å². The number of rotatable bonds is 8. The molecule has 1 aromatic carbocycles. The molecule has 0 spiro atoms. The predicted octanol–water partition coefficient (Wildman–Crippen LogP) is 0.680. The highest BCUT2D eigenvalue weighted by molar-refractivity contribution is 5.80. The molecule has 0 radical (unpaired) electrons. The summed E-state index contributed by atoms with van der Waals surface area (Å²) in [5.74, 6) is -0.338. The van der Waals surface area contributed by atoms with E-state index < -0.39 is 5.97 Å². The van der Waals surface area contributed by atoms with Gasteiger partial charge in [-0.05, 0) is 18.6 Å². The van der Waals surface area contributed by atoms with Gasteiger partial charge in [0.25, 0.3) is 5.91 Å². The van der Waals surface area contributed by atoms with Crippen molar-refractivity contribution >= 4 is 11.9 Å². The zero-order chi connectivity index (χ0) is 14.8. The van der Waals surface area contributed by atoms with Crippen molar-refractivity contribution in [3.8, 4) is 5.75 Å². The summed E-state index contributed by atoms with van der Waals surface area (Å²) in [6.07, 6.45) is 0. The zero-order valence-electron chi connectivity index (χ0n) is 11.7. The van der Waals surface area contributed by atoms with Gasteiger partial charge in [-0.25, -0.2) is 4.79 Å². The standard InChI is InChI=1S/C14H19NO5/c1-11-5-3-4-6-12(11)19-10-14(17)20-9-13(16)15-7-8-18-2/h3-6H,7-10H2,1-2H3,(H,15,16). The van der Waals surface area contributed by atoms with E-state index in [9.17, 15) is 9.59 Å². The summed E-state index contributed by atoms with van der Waals surface area (Å²) in [5, 5.41) is 2.54. The second kappa shape index (κ2) is 8.92. The fourth-order valence-electron chi connectivity index (χ4n) is 1.39. The van der Waals surface area contributed by atoms with E-state index in [4.69, 9.17) is 14.2 Å². The quantitative estimate of drug-likeness (QED) is 0.560.